The molecule has 0 aromatic heterocycles. The number of sulfone groups is 1. The Hall–Kier alpha value is -1.61. The Kier molecular flexibility index (Phi) is 5.54. The largest absolute Gasteiger partial charge is 0.416 e. The molecular formula is C15H19F3N2O3S. The Balaban J connectivity index is 2.08. The topological polar surface area (TPSA) is 89.3 Å². The van der Waals surface area contributed by atoms with E-state index in [4.69, 9.17) is 5.73 Å². The van der Waals surface area contributed by atoms with Crippen LogP contribution in [-0.4, -0.2) is 32.2 Å². The summed E-state index contributed by atoms with van der Waals surface area (Å²) in [6.45, 7) is 0.0235. The number of primary amides is 1. The quantitative estimate of drug-likeness (QED) is 0.835. The van der Waals surface area contributed by atoms with Crippen LogP contribution in [0.3, 0.4) is 0 Å². The van der Waals surface area contributed by atoms with E-state index in [-0.39, 0.29) is 17.5 Å². The van der Waals surface area contributed by atoms with Crippen LogP contribution < -0.4 is 11.1 Å². The number of rotatable bonds is 5. The predicted molar refractivity (Wildman–Crippen MR) is 81.9 cm³/mol. The van der Waals surface area contributed by atoms with Crippen LogP contribution in [0.2, 0.25) is 0 Å². The number of nitrogens with one attached hydrogen (secondary N) is 1. The van der Waals surface area contributed by atoms with Crippen LogP contribution in [0.25, 0.3) is 0 Å². The summed E-state index contributed by atoms with van der Waals surface area (Å²) in [5.74, 6) is -0.492. The number of hydrogen-bond donors (Lipinski definition) is 2. The van der Waals surface area contributed by atoms with Crippen LogP contribution in [0.4, 0.5) is 13.2 Å². The normalized spacial score (nSPS) is 22.3. The highest BCUT2D eigenvalue weighted by Crippen LogP contribution is 2.33. The molecule has 1 saturated carbocycles. The van der Waals surface area contributed by atoms with Crippen molar-refractivity contribution in [3.63, 3.8) is 0 Å². The molecule has 0 bridgehead atoms. The van der Waals surface area contributed by atoms with Crippen molar-refractivity contribution in [2.45, 2.75) is 48.0 Å². The summed E-state index contributed by atoms with van der Waals surface area (Å²) in [5, 5.41) is 2.23. The Labute approximate surface area is 138 Å². The van der Waals surface area contributed by atoms with E-state index < -0.39 is 32.7 Å². The predicted octanol–water partition coefficient (Wildman–Crippen LogP) is 1.87. The van der Waals surface area contributed by atoms with Crippen LogP contribution in [0.5, 0.6) is 0 Å². The first kappa shape index (κ1) is 18.7. The molecule has 1 aromatic rings. The van der Waals surface area contributed by atoms with Gasteiger partial charge in [-0.1, -0.05) is 6.07 Å². The van der Waals surface area contributed by atoms with Gasteiger partial charge in [0, 0.05) is 6.04 Å². The lowest BCUT2D eigenvalue weighted by Gasteiger charge is -2.28. The molecule has 134 valence electrons. The van der Waals surface area contributed by atoms with Gasteiger partial charge in [-0.15, -0.1) is 0 Å². The third kappa shape index (κ3) is 4.47. The number of halogens is 3. The first-order chi connectivity index (χ1) is 11.1. The summed E-state index contributed by atoms with van der Waals surface area (Å²) in [7, 11) is -3.82. The van der Waals surface area contributed by atoms with Crippen molar-refractivity contribution in [2.24, 2.45) is 5.73 Å². The zero-order chi connectivity index (χ0) is 18.0. The number of nitrogens with two attached hydrogens (primary N) is 1. The Morgan fingerprint density at radius 2 is 1.83 bits per heavy atom. The number of carbonyl (C=O) groups excluding carboxylic acids is 1. The van der Waals surface area contributed by atoms with Gasteiger partial charge in [-0.2, -0.15) is 13.2 Å². The zero-order valence-corrected chi connectivity index (χ0v) is 13.7. The van der Waals surface area contributed by atoms with Crippen molar-refractivity contribution >= 4 is 15.7 Å². The lowest BCUT2D eigenvalue weighted by Crippen LogP contribution is -2.40. The van der Waals surface area contributed by atoms with Crippen molar-refractivity contribution in [2.75, 3.05) is 6.54 Å². The number of alkyl halides is 3. The average molecular weight is 364 g/mol. The second-order valence-electron chi connectivity index (χ2n) is 5.89. The van der Waals surface area contributed by atoms with E-state index in [0.29, 0.717) is 31.7 Å². The Morgan fingerprint density at radius 3 is 2.38 bits per heavy atom. The summed E-state index contributed by atoms with van der Waals surface area (Å²) >= 11 is 0. The van der Waals surface area contributed by atoms with Crippen molar-refractivity contribution in [3.05, 3.63) is 29.8 Å². The molecule has 0 aliphatic heterocycles. The van der Waals surface area contributed by atoms with Gasteiger partial charge in [0.2, 0.25) is 5.91 Å². The van der Waals surface area contributed by atoms with Gasteiger partial charge in [0.15, 0.2) is 9.84 Å². The summed E-state index contributed by atoms with van der Waals surface area (Å²) < 4.78 is 63.4. The fourth-order valence-electron chi connectivity index (χ4n) is 2.86. The number of amides is 1. The van der Waals surface area contributed by atoms with Gasteiger partial charge >= 0.3 is 6.18 Å². The molecule has 0 atom stereocenters. The molecule has 2 rings (SSSR count). The fourth-order valence-corrected chi connectivity index (χ4v) is 4.70. The van der Waals surface area contributed by atoms with Gasteiger partial charge in [-0.25, -0.2) is 8.42 Å². The number of carbonyl (C=O) groups is 1. The van der Waals surface area contributed by atoms with Gasteiger partial charge in [0.05, 0.1) is 22.3 Å². The number of hydrogen-bond acceptors (Lipinski definition) is 4. The first-order valence-electron chi connectivity index (χ1n) is 7.53. The zero-order valence-electron chi connectivity index (χ0n) is 12.8. The van der Waals surface area contributed by atoms with Gasteiger partial charge in [0.1, 0.15) is 0 Å². The third-order valence-electron chi connectivity index (χ3n) is 4.17. The number of benzene rings is 1. The molecule has 1 fully saturated rings. The fraction of sp³-hybridized carbons (Fsp3) is 0.533. The summed E-state index contributed by atoms with van der Waals surface area (Å²) in [4.78, 5) is 10.4. The van der Waals surface area contributed by atoms with Gasteiger partial charge < -0.3 is 11.1 Å². The van der Waals surface area contributed by atoms with Crippen molar-refractivity contribution in [1.82, 2.24) is 5.32 Å². The average Bonchev–Trinajstić information content (AvgIpc) is 2.52. The van der Waals surface area contributed by atoms with E-state index in [2.05, 4.69) is 5.32 Å². The molecule has 5 nitrogen and oxygen atoms in total. The molecule has 9 heteroatoms. The lowest BCUT2D eigenvalue weighted by atomic mass is 9.95. The van der Waals surface area contributed by atoms with E-state index in [1.54, 1.807) is 0 Å². The molecule has 1 aliphatic carbocycles. The third-order valence-corrected chi connectivity index (χ3v) is 6.43. The maximum atomic E-state index is 12.8. The molecule has 0 heterocycles. The van der Waals surface area contributed by atoms with E-state index in [0.717, 1.165) is 12.1 Å². The molecule has 1 aliphatic rings. The van der Waals surface area contributed by atoms with E-state index in [1.165, 1.54) is 6.07 Å². The maximum Gasteiger partial charge on any atom is 0.416 e. The Bertz CT molecular complexity index is 696. The highest BCUT2D eigenvalue weighted by Gasteiger charge is 2.35. The molecular weight excluding hydrogens is 345 g/mol. The van der Waals surface area contributed by atoms with Crippen LogP contribution in [0.15, 0.2) is 29.2 Å². The molecule has 0 saturated heterocycles. The minimum atomic E-state index is -4.58. The van der Waals surface area contributed by atoms with E-state index >= 15 is 0 Å². The molecule has 3 N–H and O–H groups in total. The van der Waals surface area contributed by atoms with E-state index in [9.17, 15) is 26.4 Å². The summed E-state index contributed by atoms with van der Waals surface area (Å²) in [5.41, 5.74) is 4.07. The molecule has 0 spiro atoms. The van der Waals surface area contributed by atoms with Crippen molar-refractivity contribution < 1.29 is 26.4 Å². The maximum absolute atomic E-state index is 12.8. The molecule has 0 radical (unpaired) electrons. The van der Waals surface area contributed by atoms with Crippen LogP contribution in [0, 0.1) is 0 Å². The molecule has 0 unspecified atom stereocenters. The lowest BCUT2D eigenvalue weighted by molar-refractivity contribution is -0.137. The Morgan fingerprint density at radius 1 is 1.21 bits per heavy atom. The van der Waals surface area contributed by atoms with Crippen LogP contribution in [-0.2, 0) is 20.8 Å². The standard InChI is InChI=1S/C15H19F3N2O3S/c16-15(17,18)10-2-1-3-13(8-10)24(22,23)12-6-4-11(5-7-12)20-9-14(19)21/h1-3,8,11-12,20H,4-7,9H2,(H2,19,21)/t11-,12+. The van der Waals surface area contributed by atoms with E-state index in [1.807, 2.05) is 0 Å². The highest BCUT2D eigenvalue weighted by atomic mass is 32.2. The molecule has 1 aromatic carbocycles. The minimum absolute atomic E-state index is 0.00883. The first-order valence-corrected chi connectivity index (χ1v) is 9.08. The monoisotopic (exact) mass is 364 g/mol. The van der Waals surface area contributed by atoms with Gasteiger partial charge in [-0.05, 0) is 43.9 Å². The second-order valence-corrected chi connectivity index (χ2v) is 8.12. The van der Waals surface area contributed by atoms with Gasteiger partial charge in [-0.3, -0.25) is 4.79 Å². The van der Waals surface area contributed by atoms with Gasteiger partial charge in [0.25, 0.3) is 0 Å². The SMILES string of the molecule is NC(=O)CN[C@H]1CC[C@@H](S(=O)(=O)c2cccc(C(F)(F)F)c2)CC1. The van der Waals surface area contributed by atoms with Crippen LogP contribution >= 0.6 is 0 Å². The van der Waals surface area contributed by atoms with Crippen molar-refractivity contribution in [1.29, 1.82) is 0 Å². The summed E-state index contributed by atoms with van der Waals surface area (Å²) in [6, 6.07) is 3.83. The van der Waals surface area contributed by atoms with Crippen LogP contribution in [0.1, 0.15) is 31.2 Å². The molecule has 24 heavy (non-hydrogen) atoms. The highest BCUT2D eigenvalue weighted by molar-refractivity contribution is 7.92. The molecule has 1 amide bonds. The van der Waals surface area contributed by atoms with Crippen molar-refractivity contribution in [3.8, 4) is 0 Å². The minimum Gasteiger partial charge on any atom is -0.369 e. The smallest absolute Gasteiger partial charge is 0.369 e. The summed E-state index contributed by atoms with van der Waals surface area (Å²) in [6.07, 6.45) is -2.88. The second kappa shape index (κ2) is 7.10.